The van der Waals surface area contributed by atoms with Crippen molar-refractivity contribution in [2.24, 2.45) is 0 Å². The van der Waals surface area contributed by atoms with Gasteiger partial charge in [0.15, 0.2) is 0 Å². The monoisotopic (exact) mass is 523 g/mol. The molecule has 11 nitrogen and oxygen atoms in total. The number of rotatable bonds is 6. The van der Waals surface area contributed by atoms with Crippen LogP contribution in [-0.4, -0.2) is 75.3 Å². The van der Waals surface area contributed by atoms with Gasteiger partial charge in [-0.05, 0) is 61.4 Å². The lowest BCUT2D eigenvalue weighted by molar-refractivity contribution is 0.122. The Morgan fingerprint density at radius 1 is 0.974 bits per heavy atom. The Kier molecular flexibility index (Phi) is 7.03. The molecule has 2 saturated heterocycles. The van der Waals surface area contributed by atoms with Crippen molar-refractivity contribution < 1.29 is 9.84 Å². The average Bonchev–Trinajstić information content (AvgIpc) is 3.48. The third-order valence-corrected chi connectivity index (χ3v) is 6.92. The van der Waals surface area contributed by atoms with Gasteiger partial charge in [-0.1, -0.05) is 0 Å². The van der Waals surface area contributed by atoms with E-state index >= 15 is 0 Å². The fourth-order valence-electron chi connectivity index (χ4n) is 4.89. The van der Waals surface area contributed by atoms with E-state index in [1.54, 1.807) is 17.2 Å². The third kappa shape index (κ3) is 5.67. The molecular weight excluding hydrogens is 494 g/mol. The summed E-state index contributed by atoms with van der Waals surface area (Å²) >= 11 is 0. The summed E-state index contributed by atoms with van der Waals surface area (Å²) in [6.45, 7) is 4.33. The Hall–Kier alpha value is -4.53. The molecule has 2 aromatic heterocycles. The summed E-state index contributed by atoms with van der Waals surface area (Å²) in [5.41, 5.74) is 4.87. The zero-order chi connectivity index (χ0) is 26.6. The summed E-state index contributed by atoms with van der Waals surface area (Å²) in [7, 11) is 0. The van der Waals surface area contributed by atoms with Crippen molar-refractivity contribution in [3.63, 3.8) is 0 Å². The molecule has 0 bridgehead atoms. The molecule has 4 heterocycles. The van der Waals surface area contributed by atoms with Gasteiger partial charge in [0.25, 0.3) is 0 Å². The predicted octanol–water partition coefficient (Wildman–Crippen LogP) is 3.14. The Labute approximate surface area is 226 Å². The maximum Gasteiger partial charge on any atom is 0.245 e. The number of anilines is 4. The number of piperidine rings is 1. The van der Waals surface area contributed by atoms with Gasteiger partial charge in [-0.25, -0.2) is 14.6 Å². The fourth-order valence-corrected chi connectivity index (χ4v) is 4.89. The van der Waals surface area contributed by atoms with E-state index in [1.807, 2.05) is 47.4 Å². The topological polar surface area (TPSA) is 128 Å². The molecule has 6 rings (SSSR count). The molecule has 2 aliphatic rings. The van der Waals surface area contributed by atoms with E-state index < -0.39 is 0 Å². The van der Waals surface area contributed by atoms with Crippen LogP contribution in [0.2, 0.25) is 0 Å². The minimum Gasteiger partial charge on any atom is -0.391 e. The van der Waals surface area contributed by atoms with Gasteiger partial charge in [0, 0.05) is 49.3 Å². The number of β-amino-alcohol motifs (C(OH)–C–C–N with tert-alkyl or cyclic N) is 1. The molecular formula is C28H29N9O2. The molecule has 2 fully saturated rings. The SMILES string of the molecule is N#Cc1cc(-c2ccnc(Nc3ccc(-n4cnc(N5CCCC(O)C5)n4)cc3)n2)cc(N2CCOCC2)c1. The highest BCUT2D eigenvalue weighted by atomic mass is 16.5. The number of morpholine rings is 1. The van der Waals surface area contributed by atoms with Crippen LogP contribution in [-0.2, 0) is 4.74 Å². The van der Waals surface area contributed by atoms with Crippen LogP contribution in [0.15, 0.2) is 61.1 Å². The third-order valence-electron chi connectivity index (χ3n) is 6.92. The molecule has 0 saturated carbocycles. The van der Waals surface area contributed by atoms with Gasteiger partial charge < -0.3 is 25.0 Å². The van der Waals surface area contributed by atoms with E-state index in [0.29, 0.717) is 37.2 Å². The molecule has 0 amide bonds. The van der Waals surface area contributed by atoms with E-state index in [-0.39, 0.29) is 6.10 Å². The first-order valence-electron chi connectivity index (χ1n) is 13.1. The summed E-state index contributed by atoms with van der Waals surface area (Å²) in [5.74, 6) is 1.08. The molecule has 0 spiro atoms. The summed E-state index contributed by atoms with van der Waals surface area (Å²) in [5, 5.41) is 27.4. The van der Waals surface area contributed by atoms with Crippen LogP contribution in [0.25, 0.3) is 16.9 Å². The van der Waals surface area contributed by atoms with E-state index in [0.717, 1.165) is 60.8 Å². The van der Waals surface area contributed by atoms with Gasteiger partial charge in [-0.3, -0.25) is 0 Å². The first-order chi connectivity index (χ1) is 19.1. The normalized spacial score (nSPS) is 17.6. The highest BCUT2D eigenvalue weighted by Crippen LogP contribution is 2.27. The summed E-state index contributed by atoms with van der Waals surface area (Å²) in [6.07, 6.45) is 4.81. The van der Waals surface area contributed by atoms with Gasteiger partial charge in [-0.15, -0.1) is 5.10 Å². The maximum absolute atomic E-state index is 9.95. The number of aromatic nitrogens is 5. The Bertz CT molecular complexity index is 1480. The number of ether oxygens (including phenoxy) is 1. The molecule has 39 heavy (non-hydrogen) atoms. The van der Waals surface area contributed by atoms with E-state index in [2.05, 4.69) is 37.4 Å². The van der Waals surface area contributed by atoms with Gasteiger partial charge in [0.2, 0.25) is 11.9 Å². The number of nitriles is 1. The number of nitrogens with zero attached hydrogens (tertiary/aromatic N) is 8. The van der Waals surface area contributed by atoms with Gasteiger partial charge >= 0.3 is 0 Å². The minimum atomic E-state index is -0.334. The quantitative estimate of drug-likeness (QED) is 0.389. The van der Waals surface area contributed by atoms with Crippen molar-refractivity contribution in [3.05, 3.63) is 66.6 Å². The molecule has 11 heteroatoms. The zero-order valence-corrected chi connectivity index (χ0v) is 21.4. The van der Waals surface area contributed by atoms with Crippen molar-refractivity contribution in [1.82, 2.24) is 24.7 Å². The highest BCUT2D eigenvalue weighted by molar-refractivity contribution is 5.70. The van der Waals surface area contributed by atoms with Crippen LogP contribution in [0.1, 0.15) is 18.4 Å². The van der Waals surface area contributed by atoms with Crippen molar-refractivity contribution >= 4 is 23.3 Å². The number of hydrogen-bond acceptors (Lipinski definition) is 10. The molecule has 2 aliphatic heterocycles. The first kappa shape index (κ1) is 24.8. The number of aliphatic hydroxyl groups is 1. The van der Waals surface area contributed by atoms with Crippen LogP contribution >= 0.6 is 0 Å². The van der Waals surface area contributed by atoms with E-state index in [4.69, 9.17) is 9.72 Å². The standard InChI is InChI=1S/C28H29N9O2/c29-17-20-14-21(16-24(15-20)35-10-12-39-13-11-35)26-7-8-30-27(33-26)32-22-3-5-23(6-4-22)37-19-31-28(34-37)36-9-1-2-25(38)18-36/h3-8,14-16,19,25,38H,1-2,9-13,18H2,(H,30,32,33). The Balaban J connectivity index is 1.17. The summed E-state index contributed by atoms with van der Waals surface area (Å²) in [6, 6.07) is 17.7. The molecule has 0 radical (unpaired) electrons. The Morgan fingerprint density at radius 3 is 2.62 bits per heavy atom. The molecule has 2 N–H and O–H groups in total. The molecule has 0 aliphatic carbocycles. The zero-order valence-electron chi connectivity index (χ0n) is 21.4. The summed E-state index contributed by atoms with van der Waals surface area (Å²) in [4.78, 5) is 17.8. The predicted molar refractivity (Wildman–Crippen MR) is 147 cm³/mol. The van der Waals surface area contributed by atoms with Crippen molar-refractivity contribution in [1.29, 1.82) is 5.26 Å². The second-order valence-corrected chi connectivity index (χ2v) is 9.65. The van der Waals surface area contributed by atoms with Crippen LogP contribution in [0.4, 0.5) is 23.3 Å². The molecule has 2 aromatic carbocycles. The molecule has 198 valence electrons. The molecule has 4 aromatic rings. The number of nitrogens with one attached hydrogen (secondary N) is 1. The van der Waals surface area contributed by atoms with Gasteiger partial charge in [-0.2, -0.15) is 10.2 Å². The van der Waals surface area contributed by atoms with Crippen molar-refractivity contribution in [2.75, 3.05) is 54.5 Å². The lowest BCUT2D eigenvalue weighted by atomic mass is 10.1. The lowest BCUT2D eigenvalue weighted by Crippen LogP contribution is -2.38. The van der Waals surface area contributed by atoms with Gasteiger partial charge in [0.05, 0.1) is 42.3 Å². The fraction of sp³-hybridized carbons (Fsp3) is 0.321. The molecule has 1 atom stereocenters. The number of benzene rings is 2. The van der Waals surface area contributed by atoms with E-state index in [9.17, 15) is 10.4 Å². The smallest absolute Gasteiger partial charge is 0.245 e. The molecule has 1 unspecified atom stereocenters. The minimum absolute atomic E-state index is 0.334. The van der Waals surface area contributed by atoms with Crippen molar-refractivity contribution in [2.45, 2.75) is 18.9 Å². The second-order valence-electron chi connectivity index (χ2n) is 9.65. The first-order valence-corrected chi connectivity index (χ1v) is 13.1. The lowest BCUT2D eigenvalue weighted by Gasteiger charge is -2.29. The highest BCUT2D eigenvalue weighted by Gasteiger charge is 2.21. The van der Waals surface area contributed by atoms with Crippen LogP contribution < -0.4 is 15.1 Å². The van der Waals surface area contributed by atoms with Crippen LogP contribution in [0.5, 0.6) is 0 Å². The van der Waals surface area contributed by atoms with Crippen LogP contribution in [0, 0.1) is 11.3 Å². The second kappa shape index (κ2) is 11.1. The average molecular weight is 524 g/mol. The van der Waals surface area contributed by atoms with Crippen molar-refractivity contribution in [3.8, 4) is 23.0 Å². The Morgan fingerprint density at radius 2 is 1.82 bits per heavy atom. The maximum atomic E-state index is 9.95. The largest absolute Gasteiger partial charge is 0.391 e. The summed E-state index contributed by atoms with van der Waals surface area (Å²) < 4.78 is 7.20. The van der Waals surface area contributed by atoms with Crippen LogP contribution in [0.3, 0.4) is 0 Å². The van der Waals surface area contributed by atoms with Gasteiger partial charge in [0.1, 0.15) is 6.33 Å². The number of aliphatic hydroxyl groups excluding tert-OH is 1. The van der Waals surface area contributed by atoms with E-state index in [1.165, 1.54) is 0 Å². The number of hydrogen-bond donors (Lipinski definition) is 2.